The van der Waals surface area contributed by atoms with Crippen LogP contribution >= 0.6 is 0 Å². The molecule has 2 aromatic rings. The van der Waals surface area contributed by atoms with Gasteiger partial charge in [0, 0.05) is 11.1 Å². The summed E-state index contributed by atoms with van der Waals surface area (Å²) in [5.41, 5.74) is 0.758. The van der Waals surface area contributed by atoms with Gasteiger partial charge in [0.05, 0.1) is 5.39 Å². The molecule has 0 aliphatic heterocycles. The summed E-state index contributed by atoms with van der Waals surface area (Å²) >= 11 is 0. The van der Waals surface area contributed by atoms with Crippen LogP contribution in [0.15, 0.2) is 29.1 Å². The van der Waals surface area contributed by atoms with Crippen LogP contribution in [-0.4, -0.2) is 35.6 Å². The van der Waals surface area contributed by atoms with E-state index in [2.05, 4.69) is 24.0 Å². The second-order valence-electron chi connectivity index (χ2n) is 5.12. The number of phenolic OH excluding ortho intramolecular Hbond substituents is 1. The molecule has 0 aliphatic rings. The van der Waals surface area contributed by atoms with Crippen molar-refractivity contribution in [3.63, 3.8) is 0 Å². The molecule has 0 aliphatic carbocycles. The molecule has 102 valence electrons. The second-order valence-corrected chi connectivity index (χ2v) is 5.12. The molecule has 4 nitrogen and oxygen atoms in total. The molecule has 1 aromatic heterocycles. The van der Waals surface area contributed by atoms with Crippen molar-refractivity contribution < 1.29 is 5.11 Å². The van der Waals surface area contributed by atoms with Crippen molar-refractivity contribution in [2.75, 3.05) is 20.6 Å². The number of benzene rings is 1. The molecule has 0 saturated carbocycles. The fraction of sp³-hybridized carbons (Fsp3) is 0.400. The molecule has 0 saturated heterocycles. The van der Waals surface area contributed by atoms with Crippen molar-refractivity contribution in [3.8, 4) is 5.75 Å². The first-order chi connectivity index (χ1) is 9.08. The van der Waals surface area contributed by atoms with Gasteiger partial charge >= 0.3 is 0 Å². The number of hydrogen-bond acceptors (Lipinski definition) is 3. The number of H-pyrrole nitrogens is 1. The van der Waals surface area contributed by atoms with Gasteiger partial charge in [-0.1, -0.05) is 6.07 Å². The third-order valence-corrected chi connectivity index (χ3v) is 3.22. The highest BCUT2D eigenvalue weighted by atomic mass is 16.3. The summed E-state index contributed by atoms with van der Waals surface area (Å²) in [6.45, 7) is 1.04. The first-order valence-corrected chi connectivity index (χ1v) is 6.56. The lowest BCUT2D eigenvalue weighted by atomic mass is 10.1. The highest BCUT2D eigenvalue weighted by molar-refractivity contribution is 5.87. The lowest BCUT2D eigenvalue weighted by molar-refractivity contribution is 0.394. The van der Waals surface area contributed by atoms with Crippen LogP contribution in [0, 0.1) is 0 Å². The van der Waals surface area contributed by atoms with Crippen molar-refractivity contribution in [1.29, 1.82) is 0 Å². The van der Waals surface area contributed by atoms with E-state index in [0.717, 1.165) is 31.5 Å². The van der Waals surface area contributed by atoms with Crippen LogP contribution < -0.4 is 5.56 Å². The molecule has 0 spiro atoms. The van der Waals surface area contributed by atoms with Crippen molar-refractivity contribution in [2.45, 2.75) is 19.3 Å². The molecular formula is C15H20N2O2. The van der Waals surface area contributed by atoms with Crippen LogP contribution in [-0.2, 0) is 6.42 Å². The number of aromatic amines is 1. The number of aromatic nitrogens is 1. The first kappa shape index (κ1) is 13.6. The summed E-state index contributed by atoms with van der Waals surface area (Å²) in [4.78, 5) is 17.0. The fourth-order valence-electron chi connectivity index (χ4n) is 2.20. The molecule has 0 atom stereocenters. The van der Waals surface area contributed by atoms with E-state index in [1.165, 1.54) is 0 Å². The Balaban J connectivity index is 2.16. The number of fused-ring (bicyclic) bond motifs is 1. The van der Waals surface area contributed by atoms with Gasteiger partial charge in [0.1, 0.15) is 5.75 Å². The number of aromatic hydroxyl groups is 1. The zero-order valence-electron chi connectivity index (χ0n) is 11.4. The van der Waals surface area contributed by atoms with E-state index >= 15 is 0 Å². The van der Waals surface area contributed by atoms with Gasteiger partial charge in [-0.2, -0.15) is 0 Å². The molecule has 4 heteroatoms. The summed E-state index contributed by atoms with van der Waals surface area (Å²) in [7, 11) is 4.10. The first-order valence-electron chi connectivity index (χ1n) is 6.56. The van der Waals surface area contributed by atoms with Crippen molar-refractivity contribution in [3.05, 3.63) is 40.3 Å². The van der Waals surface area contributed by atoms with Crippen LogP contribution in [0.2, 0.25) is 0 Å². The molecule has 1 aromatic carbocycles. The van der Waals surface area contributed by atoms with Gasteiger partial charge in [0.15, 0.2) is 0 Å². The molecule has 0 unspecified atom stereocenters. The Kier molecular flexibility index (Phi) is 4.22. The van der Waals surface area contributed by atoms with Crippen LogP contribution in [0.25, 0.3) is 10.8 Å². The molecule has 2 rings (SSSR count). The van der Waals surface area contributed by atoms with Gasteiger partial charge in [0.2, 0.25) is 0 Å². The quantitative estimate of drug-likeness (QED) is 0.810. The highest BCUT2D eigenvalue weighted by Crippen LogP contribution is 2.22. The summed E-state index contributed by atoms with van der Waals surface area (Å²) < 4.78 is 0. The third-order valence-electron chi connectivity index (χ3n) is 3.22. The minimum atomic E-state index is -0.129. The number of unbranched alkanes of at least 4 members (excludes halogenated alkanes) is 1. The molecular weight excluding hydrogens is 240 g/mol. The number of pyridine rings is 1. The molecule has 1 heterocycles. The normalized spacial score (nSPS) is 11.3. The highest BCUT2D eigenvalue weighted by Gasteiger charge is 2.05. The van der Waals surface area contributed by atoms with Crippen molar-refractivity contribution in [2.24, 2.45) is 0 Å². The largest absolute Gasteiger partial charge is 0.507 e. The van der Waals surface area contributed by atoms with E-state index in [1.807, 2.05) is 6.07 Å². The van der Waals surface area contributed by atoms with E-state index < -0.39 is 0 Å². The maximum atomic E-state index is 11.9. The number of aryl methyl sites for hydroxylation is 1. The summed E-state index contributed by atoms with van der Waals surface area (Å²) in [5.74, 6) is 0.165. The zero-order chi connectivity index (χ0) is 13.8. The van der Waals surface area contributed by atoms with Crippen LogP contribution in [0.3, 0.4) is 0 Å². The second kappa shape index (κ2) is 5.89. The fourth-order valence-corrected chi connectivity index (χ4v) is 2.20. The third kappa shape index (κ3) is 3.35. The molecule has 19 heavy (non-hydrogen) atoms. The SMILES string of the molecule is CN(C)CCCCc1cc2c(O)cccc2c(=O)[nH]1. The Morgan fingerprint density at radius 1 is 1.21 bits per heavy atom. The van der Waals surface area contributed by atoms with E-state index in [1.54, 1.807) is 18.2 Å². The molecule has 0 fully saturated rings. The monoisotopic (exact) mass is 260 g/mol. The van der Waals surface area contributed by atoms with E-state index in [0.29, 0.717) is 10.8 Å². The van der Waals surface area contributed by atoms with Gasteiger partial charge in [0.25, 0.3) is 5.56 Å². The van der Waals surface area contributed by atoms with Crippen LogP contribution in [0.5, 0.6) is 5.75 Å². The van der Waals surface area contributed by atoms with Gasteiger partial charge in [-0.25, -0.2) is 0 Å². The number of rotatable bonds is 5. The van der Waals surface area contributed by atoms with Crippen LogP contribution in [0.1, 0.15) is 18.5 Å². The number of nitrogens with zero attached hydrogens (tertiary/aromatic N) is 1. The van der Waals surface area contributed by atoms with Gasteiger partial charge < -0.3 is 15.0 Å². The van der Waals surface area contributed by atoms with Gasteiger partial charge in [-0.15, -0.1) is 0 Å². The van der Waals surface area contributed by atoms with E-state index in [-0.39, 0.29) is 11.3 Å². The minimum Gasteiger partial charge on any atom is -0.507 e. The summed E-state index contributed by atoms with van der Waals surface area (Å²) in [6, 6.07) is 6.90. The average Bonchev–Trinajstić information content (AvgIpc) is 2.36. The Labute approximate surface area is 112 Å². The van der Waals surface area contributed by atoms with E-state index in [4.69, 9.17) is 0 Å². The summed E-state index contributed by atoms with van der Waals surface area (Å²) in [5, 5.41) is 11.0. The predicted molar refractivity (Wildman–Crippen MR) is 77.7 cm³/mol. The number of phenols is 1. The molecule has 0 amide bonds. The Bertz CT molecular complexity index is 617. The lowest BCUT2D eigenvalue weighted by Gasteiger charge is -2.09. The van der Waals surface area contributed by atoms with E-state index in [9.17, 15) is 9.90 Å². The maximum Gasteiger partial charge on any atom is 0.256 e. The summed E-state index contributed by atoms with van der Waals surface area (Å²) in [6.07, 6.45) is 2.94. The Morgan fingerprint density at radius 3 is 2.74 bits per heavy atom. The predicted octanol–water partition coefficient (Wildman–Crippen LogP) is 2.12. The van der Waals surface area contributed by atoms with Gasteiger partial charge in [-0.3, -0.25) is 4.79 Å². The molecule has 2 N–H and O–H groups in total. The molecule has 0 radical (unpaired) electrons. The molecule has 0 bridgehead atoms. The van der Waals surface area contributed by atoms with Crippen molar-refractivity contribution in [1.82, 2.24) is 9.88 Å². The van der Waals surface area contributed by atoms with Gasteiger partial charge in [-0.05, 0) is 58.1 Å². The smallest absolute Gasteiger partial charge is 0.256 e. The zero-order valence-corrected chi connectivity index (χ0v) is 11.4. The maximum absolute atomic E-state index is 11.9. The van der Waals surface area contributed by atoms with Crippen LogP contribution in [0.4, 0.5) is 0 Å². The Hall–Kier alpha value is -1.81. The topological polar surface area (TPSA) is 56.3 Å². The van der Waals surface area contributed by atoms with Crippen molar-refractivity contribution >= 4 is 10.8 Å². The minimum absolute atomic E-state index is 0.129. The average molecular weight is 260 g/mol. The number of hydrogen-bond donors (Lipinski definition) is 2. The lowest BCUT2D eigenvalue weighted by Crippen LogP contribution is -2.13. The Morgan fingerprint density at radius 2 is 2.00 bits per heavy atom. The standard InChI is InChI=1S/C15H20N2O2/c1-17(2)9-4-3-6-11-10-13-12(15(19)16-11)7-5-8-14(13)18/h5,7-8,10,18H,3-4,6,9H2,1-2H3,(H,16,19). The number of nitrogens with one attached hydrogen (secondary N) is 1.